The third kappa shape index (κ3) is 6.07. The van der Waals surface area contributed by atoms with Gasteiger partial charge in [0.15, 0.2) is 0 Å². The lowest BCUT2D eigenvalue weighted by molar-refractivity contribution is -0.116. The molecule has 166 valence electrons. The van der Waals surface area contributed by atoms with Crippen molar-refractivity contribution >= 4 is 29.0 Å². The predicted molar refractivity (Wildman–Crippen MR) is 131 cm³/mol. The van der Waals surface area contributed by atoms with E-state index in [-0.39, 0.29) is 11.9 Å². The smallest absolute Gasteiger partial charge is 0.323 e. The molecule has 3 N–H and O–H groups in total. The first kappa shape index (κ1) is 21.8. The third-order valence-corrected chi connectivity index (χ3v) is 5.10. The van der Waals surface area contributed by atoms with Gasteiger partial charge < -0.3 is 16.0 Å². The molecule has 0 atom stereocenters. The second kappa shape index (κ2) is 10.3. The third-order valence-electron chi connectivity index (χ3n) is 5.10. The molecule has 0 aliphatic carbocycles. The SMILES string of the molecule is Cc1ccc(NC(=O)Nc2ccccc2)cc1NC(=O)CCc1cnn(-c2ccccc2)c1. The molecule has 0 saturated carbocycles. The summed E-state index contributed by atoms with van der Waals surface area (Å²) in [5.74, 6) is -0.101. The van der Waals surface area contributed by atoms with Crippen LogP contribution in [0.1, 0.15) is 17.5 Å². The van der Waals surface area contributed by atoms with Gasteiger partial charge in [-0.05, 0) is 60.9 Å². The van der Waals surface area contributed by atoms with Crippen molar-refractivity contribution in [1.29, 1.82) is 0 Å². The van der Waals surface area contributed by atoms with Gasteiger partial charge in [-0.1, -0.05) is 42.5 Å². The van der Waals surface area contributed by atoms with Gasteiger partial charge in [0.2, 0.25) is 5.91 Å². The quantitative estimate of drug-likeness (QED) is 0.360. The Labute approximate surface area is 192 Å². The lowest BCUT2D eigenvalue weighted by atomic mass is 10.1. The van der Waals surface area contributed by atoms with E-state index in [4.69, 9.17) is 0 Å². The average Bonchev–Trinajstić information content (AvgIpc) is 3.30. The molecular formula is C26H25N5O2. The molecule has 33 heavy (non-hydrogen) atoms. The summed E-state index contributed by atoms with van der Waals surface area (Å²) in [7, 11) is 0. The monoisotopic (exact) mass is 439 g/mol. The van der Waals surface area contributed by atoms with Crippen LogP contribution in [-0.4, -0.2) is 21.7 Å². The van der Waals surface area contributed by atoms with Crippen LogP contribution in [0.25, 0.3) is 5.69 Å². The number of amides is 3. The fraction of sp³-hybridized carbons (Fsp3) is 0.115. The minimum atomic E-state index is -0.349. The van der Waals surface area contributed by atoms with Crippen molar-refractivity contribution in [2.75, 3.05) is 16.0 Å². The summed E-state index contributed by atoms with van der Waals surface area (Å²) in [6.45, 7) is 1.91. The van der Waals surface area contributed by atoms with Crippen LogP contribution in [0.5, 0.6) is 0 Å². The van der Waals surface area contributed by atoms with E-state index in [0.717, 1.165) is 16.8 Å². The molecule has 0 aliphatic rings. The Morgan fingerprint density at radius 1 is 0.848 bits per heavy atom. The van der Waals surface area contributed by atoms with E-state index in [0.29, 0.717) is 29.9 Å². The molecule has 0 radical (unpaired) electrons. The van der Waals surface area contributed by atoms with Crippen LogP contribution in [0.2, 0.25) is 0 Å². The number of hydrogen-bond donors (Lipinski definition) is 3. The van der Waals surface area contributed by atoms with Crippen molar-refractivity contribution in [2.24, 2.45) is 0 Å². The highest BCUT2D eigenvalue weighted by Gasteiger charge is 2.09. The number of anilines is 3. The van der Waals surface area contributed by atoms with E-state index in [2.05, 4.69) is 21.0 Å². The maximum absolute atomic E-state index is 12.6. The van der Waals surface area contributed by atoms with E-state index < -0.39 is 0 Å². The molecule has 0 saturated heterocycles. The molecule has 1 aromatic heterocycles. The number of benzene rings is 3. The van der Waals surface area contributed by atoms with Crippen LogP contribution < -0.4 is 16.0 Å². The molecule has 0 unspecified atom stereocenters. The Balaban J connectivity index is 1.32. The van der Waals surface area contributed by atoms with E-state index in [1.807, 2.05) is 79.9 Å². The summed E-state index contributed by atoms with van der Waals surface area (Å²) in [5.41, 5.74) is 4.83. The highest BCUT2D eigenvalue weighted by Crippen LogP contribution is 2.21. The normalized spacial score (nSPS) is 10.5. The summed E-state index contributed by atoms with van der Waals surface area (Å²) < 4.78 is 1.80. The molecule has 0 spiro atoms. The van der Waals surface area contributed by atoms with Crippen molar-refractivity contribution in [2.45, 2.75) is 19.8 Å². The zero-order valence-electron chi connectivity index (χ0n) is 18.3. The highest BCUT2D eigenvalue weighted by molar-refractivity contribution is 6.00. The molecule has 0 bridgehead atoms. The maximum Gasteiger partial charge on any atom is 0.323 e. The Morgan fingerprint density at radius 3 is 2.30 bits per heavy atom. The van der Waals surface area contributed by atoms with Crippen LogP contribution in [0, 0.1) is 6.92 Å². The first-order chi connectivity index (χ1) is 16.1. The van der Waals surface area contributed by atoms with Gasteiger partial charge in [-0.3, -0.25) is 4.79 Å². The second-order valence-corrected chi connectivity index (χ2v) is 7.65. The largest absolute Gasteiger partial charge is 0.326 e. The van der Waals surface area contributed by atoms with Gasteiger partial charge in [0.1, 0.15) is 0 Å². The molecule has 3 amide bonds. The molecule has 0 fully saturated rings. The topological polar surface area (TPSA) is 88.1 Å². The number of hydrogen-bond acceptors (Lipinski definition) is 3. The van der Waals surface area contributed by atoms with Crippen molar-refractivity contribution in [3.05, 3.63) is 102 Å². The van der Waals surface area contributed by atoms with Crippen molar-refractivity contribution in [1.82, 2.24) is 9.78 Å². The lowest BCUT2D eigenvalue weighted by Gasteiger charge is -2.12. The summed E-state index contributed by atoms with van der Waals surface area (Å²) in [4.78, 5) is 24.8. The second-order valence-electron chi connectivity index (χ2n) is 7.65. The van der Waals surface area contributed by atoms with Gasteiger partial charge in [0.05, 0.1) is 11.9 Å². The van der Waals surface area contributed by atoms with Crippen molar-refractivity contribution in [3.8, 4) is 5.69 Å². The minimum Gasteiger partial charge on any atom is -0.326 e. The standard InChI is InChI=1S/C26H25N5O2/c1-19-12-14-22(29-26(33)28-21-8-4-2-5-9-21)16-24(19)30-25(32)15-13-20-17-27-31(18-20)23-10-6-3-7-11-23/h2-12,14,16-18H,13,15H2,1H3,(H,30,32)(H2,28,29,33). The van der Waals surface area contributed by atoms with E-state index in [1.165, 1.54) is 0 Å². The molecule has 4 aromatic rings. The van der Waals surface area contributed by atoms with Gasteiger partial charge in [-0.2, -0.15) is 5.10 Å². The van der Waals surface area contributed by atoms with E-state index >= 15 is 0 Å². The van der Waals surface area contributed by atoms with Gasteiger partial charge in [0.25, 0.3) is 0 Å². The average molecular weight is 440 g/mol. The molecule has 4 rings (SSSR count). The number of nitrogens with one attached hydrogen (secondary N) is 3. The number of aryl methyl sites for hydroxylation is 2. The Bertz CT molecular complexity index is 1240. The molecule has 7 heteroatoms. The minimum absolute atomic E-state index is 0.101. The Morgan fingerprint density at radius 2 is 1.55 bits per heavy atom. The zero-order valence-corrected chi connectivity index (χ0v) is 18.3. The first-order valence-corrected chi connectivity index (χ1v) is 10.7. The summed E-state index contributed by atoms with van der Waals surface area (Å²) in [6, 6.07) is 24.1. The molecule has 0 aliphatic heterocycles. The highest BCUT2D eigenvalue weighted by atomic mass is 16.2. The van der Waals surface area contributed by atoms with Crippen LogP contribution in [-0.2, 0) is 11.2 Å². The number of para-hydroxylation sites is 2. The van der Waals surface area contributed by atoms with Gasteiger partial charge in [0, 0.05) is 29.7 Å². The van der Waals surface area contributed by atoms with Gasteiger partial charge in [-0.25, -0.2) is 9.48 Å². The predicted octanol–water partition coefficient (Wildman–Crippen LogP) is 5.40. The molecular weight excluding hydrogens is 414 g/mol. The van der Waals surface area contributed by atoms with Crippen LogP contribution in [0.3, 0.4) is 0 Å². The number of rotatable bonds is 7. The lowest BCUT2D eigenvalue weighted by Crippen LogP contribution is -2.19. The number of urea groups is 1. The maximum atomic E-state index is 12.6. The Kier molecular flexibility index (Phi) is 6.80. The van der Waals surface area contributed by atoms with Crippen LogP contribution in [0.4, 0.5) is 21.9 Å². The van der Waals surface area contributed by atoms with Crippen LogP contribution >= 0.6 is 0 Å². The first-order valence-electron chi connectivity index (χ1n) is 10.7. The summed E-state index contributed by atoms with van der Waals surface area (Å²) in [6.07, 6.45) is 4.62. The van der Waals surface area contributed by atoms with Crippen molar-refractivity contribution < 1.29 is 9.59 Å². The summed E-state index contributed by atoms with van der Waals surface area (Å²) in [5, 5.41) is 12.9. The fourth-order valence-corrected chi connectivity index (χ4v) is 3.33. The number of aromatic nitrogens is 2. The van der Waals surface area contributed by atoms with Crippen LogP contribution in [0.15, 0.2) is 91.3 Å². The Hall–Kier alpha value is -4.39. The van der Waals surface area contributed by atoms with Gasteiger partial charge >= 0.3 is 6.03 Å². The summed E-state index contributed by atoms with van der Waals surface area (Å²) >= 11 is 0. The molecule has 7 nitrogen and oxygen atoms in total. The molecule has 1 heterocycles. The van der Waals surface area contributed by atoms with Gasteiger partial charge in [-0.15, -0.1) is 0 Å². The fourth-order valence-electron chi connectivity index (χ4n) is 3.33. The molecule has 3 aromatic carbocycles. The zero-order chi connectivity index (χ0) is 23.0. The van der Waals surface area contributed by atoms with E-state index in [1.54, 1.807) is 23.0 Å². The number of nitrogens with zero attached hydrogens (tertiary/aromatic N) is 2. The van der Waals surface area contributed by atoms with Crippen molar-refractivity contribution in [3.63, 3.8) is 0 Å². The number of carbonyl (C=O) groups is 2. The number of carbonyl (C=O) groups excluding carboxylic acids is 2. The van der Waals surface area contributed by atoms with E-state index in [9.17, 15) is 9.59 Å².